The molecule has 0 amide bonds. The lowest BCUT2D eigenvalue weighted by Gasteiger charge is -2.12. The van der Waals surface area contributed by atoms with Gasteiger partial charge in [0.15, 0.2) is 0 Å². The minimum atomic E-state index is -0.961. The van der Waals surface area contributed by atoms with Crippen molar-refractivity contribution in [1.29, 1.82) is 0 Å². The highest BCUT2D eigenvalue weighted by Gasteiger charge is 2.28. The van der Waals surface area contributed by atoms with Crippen LogP contribution in [0.2, 0.25) is 5.02 Å². The van der Waals surface area contributed by atoms with Gasteiger partial charge < -0.3 is 10.2 Å². The van der Waals surface area contributed by atoms with Gasteiger partial charge in [-0.3, -0.25) is 14.2 Å². The molecule has 0 saturated carbocycles. The second-order valence-corrected chi connectivity index (χ2v) is 6.58. The number of phenolic OH excluding ortho intramolecular Hbond substituents is 1. The molecule has 5 nitrogen and oxygen atoms in total. The van der Waals surface area contributed by atoms with Gasteiger partial charge in [0.2, 0.25) is 0 Å². The second kappa shape index (κ2) is 6.84. The molecule has 2 N–H and O–H groups in total. The molecule has 0 aliphatic rings. The van der Waals surface area contributed by atoms with Crippen molar-refractivity contribution in [3.05, 3.63) is 64.3 Å². The Labute approximate surface area is 155 Å². The molecule has 0 radical (unpaired) electrons. The Morgan fingerprint density at radius 3 is 2.38 bits per heavy atom. The lowest BCUT2D eigenvalue weighted by atomic mass is 9.94. The van der Waals surface area contributed by atoms with E-state index in [1.54, 1.807) is 44.2 Å². The number of hydrogen-bond donors (Lipinski definition) is 2. The van der Waals surface area contributed by atoms with Crippen LogP contribution in [0, 0.1) is 6.92 Å². The molecule has 0 aliphatic carbocycles. The first-order chi connectivity index (χ1) is 12.3. The molecule has 0 unspecified atom stereocenters. The zero-order valence-electron chi connectivity index (χ0n) is 14.4. The molecule has 0 aliphatic heterocycles. The normalized spacial score (nSPS) is 12.3. The predicted octanol–water partition coefficient (Wildman–Crippen LogP) is 4.58. The summed E-state index contributed by atoms with van der Waals surface area (Å²) in [4.78, 5) is 24.8. The van der Waals surface area contributed by atoms with E-state index in [1.165, 1.54) is 16.7 Å². The van der Waals surface area contributed by atoms with E-state index < -0.39 is 11.9 Å². The van der Waals surface area contributed by atoms with E-state index in [9.17, 15) is 19.8 Å². The molecule has 0 bridgehead atoms. The summed E-state index contributed by atoms with van der Waals surface area (Å²) >= 11 is 5.89. The zero-order chi connectivity index (χ0) is 19.0. The summed E-state index contributed by atoms with van der Waals surface area (Å²) in [6.07, 6.45) is 0.375. The van der Waals surface area contributed by atoms with Crippen molar-refractivity contribution in [1.82, 2.24) is 4.57 Å². The Hall–Kier alpha value is -2.79. The maximum atomic E-state index is 13.1. The minimum absolute atomic E-state index is 0.0232. The van der Waals surface area contributed by atoms with Gasteiger partial charge in [-0.05, 0) is 61.4 Å². The first-order valence-electron chi connectivity index (χ1n) is 8.22. The van der Waals surface area contributed by atoms with Crippen LogP contribution in [-0.2, 0) is 4.79 Å². The van der Waals surface area contributed by atoms with Gasteiger partial charge in [0, 0.05) is 21.7 Å². The van der Waals surface area contributed by atoms with E-state index in [4.69, 9.17) is 11.6 Å². The largest absolute Gasteiger partial charge is 0.508 e. The number of hydrogen-bond acceptors (Lipinski definition) is 3. The molecule has 1 aromatic heterocycles. The maximum absolute atomic E-state index is 13.1. The van der Waals surface area contributed by atoms with Crippen molar-refractivity contribution in [2.45, 2.75) is 26.2 Å². The molecule has 0 saturated heterocycles. The van der Waals surface area contributed by atoms with Gasteiger partial charge >= 0.3 is 5.97 Å². The molecule has 3 rings (SSSR count). The number of aromatic nitrogens is 1. The van der Waals surface area contributed by atoms with Crippen LogP contribution < -0.4 is 0 Å². The zero-order valence-corrected chi connectivity index (χ0v) is 15.1. The molecule has 0 spiro atoms. The van der Waals surface area contributed by atoms with Crippen molar-refractivity contribution in [2.24, 2.45) is 0 Å². The Morgan fingerprint density at radius 2 is 1.81 bits per heavy atom. The van der Waals surface area contributed by atoms with Gasteiger partial charge in [-0.25, -0.2) is 0 Å². The third kappa shape index (κ3) is 2.95. The Bertz CT molecular complexity index is 1000. The number of rotatable bonds is 4. The monoisotopic (exact) mass is 371 g/mol. The van der Waals surface area contributed by atoms with Crippen LogP contribution in [-0.4, -0.2) is 26.7 Å². The lowest BCUT2D eigenvalue weighted by molar-refractivity contribution is -0.138. The molecule has 1 atom stereocenters. The Kier molecular flexibility index (Phi) is 4.74. The number of carbonyl (C=O) groups excluding carboxylic acids is 1. The molecular formula is C20H18ClNO4. The summed E-state index contributed by atoms with van der Waals surface area (Å²) in [6, 6.07) is 11.1. The topological polar surface area (TPSA) is 79.5 Å². The Morgan fingerprint density at radius 1 is 1.15 bits per heavy atom. The standard InChI is InChI=1S/C20H18ClNO4/c1-3-15(20(25)26)18-11(2)22(17-9-8-14(23)10-16(17)18)19(24)12-4-6-13(21)7-5-12/h4-10,15,23H,3H2,1-2H3,(H,25,26)/t15-/m0/s1. The summed E-state index contributed by atoms with van der Waals surface area (Å²) in [5.74, 6) is -1.98. The number of phenols is 1. The van der Waals surface area contributed by atoms with E-state index in [-0.39, 0.29) is 11.7 Å². The van der Waals surface area contributed by atoms with Gasteiger partial charge in [0.1, 0.15) is 5.75 Å². The van der Waals surface area contributed by atoms with Crippen LogP contribution in [0.5, 0.6) is 5.75 Å². The fraction of sp³-hybridized carbons (Fsp3) is 0.200. The molecule has 1 heterocycles. The summed E-state index contributed by atoms with van der Waals surface area (Å²) in [6.45, 7) is 3.51. The summed E-state index contributed by atoms with van der Waals surface area (Å²) in [5, 5.41) is 20.6. The number of aliphatic carboxylic acids is 1. The highest BCUT2D eigenvalue weighted by atomic mass is 35.5. The maximum Gasteiger partial charge on any atom is 0.311 e. The number of benzene rings is 2. The van der Waals surface area contributed by atoms with E-state index in [0.29, 0.717) is 39.2 Å². The average molecular weight is 372 g/mol. The highest BCUT2D eigenvalue weighted by Crippen LogP contribution is 2.36. The van der Waals surface area contributed by atoms with Crippen LogP contribution in [0.4, 0.5) is 0 Å². The molecular weight excluding hydrogens is 354 g/mol. The van der Waals surface area contributed by atoms with Gasteiger partial charge in [-0.15, -0.1) is 0 Å². The first kappa shape index (κ1) is 18.0. The van der Waals surface area contributed by atoms with E-state index >= 15 is 0 Å². The van der Waals surface area contributed by atoms with E-state index in [2.05, 4.69) is 0 Å². The lowest BCUT2D eigenvalue weighted by Crippen LogP contribution is -2.16. The number of carboxylic acid groups (broad SMARTS) is 1. The molecule has 6 heteroatoms. The van der Waals surface area contributed by atoms with Crippen LogP contribution in [0.1, 0.15) is 40.9 Å². The number of fused-ring (bicyclic) bond motifs is 1. The highest BCUT2D eigenvalue weighted by molar-refractivity contribution is 6.30. The minimum Gasteiger partial charge on any atom is -0.508 e. The molecule has 3 aromatic rings. The van der Waals surface area contributed by atoms with Crippen molar-refractivity contribution < 1.29 is 19.8 Å². The van der Waals surface area contributed by atoms with Crippen molar-refractivity contribution in [2.75, 3.05) is 0 Å². The molecule has 134 valence electrons. The van der Waals surface area contributed by atoms with E-state index in [0.717, 1.165) is 0 Å². The van der Waals surface area contributed by atoms with Gasteiger partial charge in [0.25, 0.3) is 5.91 Å². The second-order valence-electron chi connectivity index (χ2n) is 6.15. The number of carbonyl (C=O) groups is 2. The SMILES string of the molecule is CC[C@H](C(=O)O)c1c(C)n(C(=O)c2ccc(Cl)cc2)c2ccc(O)cc12. The number of aromatic hydroxyl groups is 1. The quantitative estimate of drug-likeness (QED) is 0.703. The van der Waals surface area contributed by atoms with Crippen molar-refractivity contribution in [3.63, 3.8) is 0 Å². The van der Waals surface area contributed by atoms with Crippen LogP contribution in [0.25, 0.3) is 10.9 Å². The van der Waals surface area contributed by atoms with Crippen LogP contribution in [0.15, 0.2) is 42.5 Å². The smallest absolute Gasteiger partial charge is 0.311 e. The van der Waals surface area contributed by atoms with Gasteiger partial charge in [-0.2, -0.15) is 0 Å². The van der Waals surface area contributed by atoms with Gasteiger partial charge in [-0.1, -0.05) is 18.5 Å². The molecule has 0 fully saturated rings. The number of carboxylic acids is 1. The van der Waals surface area contributed by atoms with E-state index in [1.807, 2.05) is 0 Å². The summed E-state index contributed by atoms with van der Waals surface area (Å²) < 4.78 is 1.50. The molecule has 2 aromatic carbocycles. The average Bonchev–Trinajstić information content (AvgIpc) is 2.87. The van der Waals surface area contributed by atoms with Crippen molar-refractivity contribution >= 4 is 34.4 Å². The summed E-state index contributed by atoms with van der Waals surface area (Å²) in [5.41, 5.74) is 2.11. The fourth-order valence-electron chi connectivity index (χ4n) is 3.36. The summed E-state index contributed by atoms with van der Waals surface area (Å²) in [7, 11) is 0. The third-order valence-electron chi connectivity index (χ3n) is 4.59. The van der Waals surface area contributed by atoms with Gasteiger partial charge in [0.05, 0.1) is 11.4 Å². The van der Waals surface area contributed by atoms with Crippen LogP contribution >= 0.6 is 11.6 Å². The first-order valence-corrected chi connectivity index (χ1v) is 8.60. The number of nitrogens with zero attached hydrogens (tertiary/aromatic N) is 1. The van der Waals surface area contributed by atoms with Crippen LogP contribution in [0.3, 0.4) is 0 Å². The number of halogens is 1. The fourth-order valence-corrected chi connectivity index (χ4v) is 3.48. The Balaban J connectivity index is 2.29. The predicted molar refractivity (Wildman–Crippen MR) is 100 cm³/mol. The molecule has 26 heavy (non-hydrogen) atoms. The third-order valence-corrected chi connectivity index (χ3v) is 4.84. The van der Waals surface area contributed by atoms with Crippen molar-refractivity contribution in [3.8, 4) is 5.75 Å².